The van der Waals surface area contributed by atoms with Crippen LogP contribution in [-0.4, -0.2) is 52.3 Å². The van der Waals surface area contributed by atoms with E-state index in [1.807, 2.05) is 0 Å². The summed E-state index contributed by atoms with van der Waals surface area (Å²) in [6.45, 7) is 10.3. The Morgan fingerprint density at radius 1 is 1.25 bits per heavy atom. The molecule has 0 unspecified atom stereocenters. The SMILES string of the molecule is CCCn1cc(CN2C[C@H]3CC[C@@H]2CN(C)C3)c(C)n1. The minimum atomic E-state index is 0.743. The zero-order chi connectivity index (χ0) is 14.1. The van der Waals surface area contributed by atoms with Gasteiger partial charge in [0.05, 0.1) is 5.69 Å². The highest BCUT2D eigenvalue weighted by atomic mass is 15.3. The smallest absolute Gasteiger partial charge is 0.0638 e. The molecule has 0 saturated carbocycles. The monoisotopic (exact) mass is 276 g/mol. The van der Waals surface area contributed by atoms with Gasteiger partial charge in [-0.05, 0) is 39.2 Å². The van der Waals surface area contributed by atoms with Crippen LogP contribution in [0.15, 0.2) is 6.20 Å². The number of nitrogens with zero attached hydrogens (tertiary/aromatic N) is 4. The molecular formula is C16H28N4. The summed E-state index contributed by atoms with van der Waals surface area (Å²) < 4.78 is 2.12. The molecule has 4 heterocycles. The molecule has 0 amide bonds. The molecule has 2 bridgehead atoms. The molecule has 20 heavy (non-hydrogen) atoms. The van der Waals surface area contributed by atoms with Gasteiger partial charge in [0.25, 0.3) is 0 Å². The minimum absolute atomic E-state index is 0.743. The van der Waals surface area contributed by atoms with Crippen molar-refractivity contribution in [3.8, 4) is 0 Å². The van der Waals surface area contributed by atoms with Crippen LogP contribution in [0.4, 0.5) is 0 Å². The van der Waals surface area contributed by atoms with Crippen LogP contribution in [-0.2, 0) is 13.1 Å². The first-order chi connectivity index (χ1) is 9.65. The summed E-state index contributed by atoms with van der Waals surface area (Å²) >= 11 is 0. The standard InChI is InChI=1S/C16H28N4/c1-4-7-20-11-15(13(2)17-20)10-19-9-14-5-6-16(19)12-18(3)8-14/h11,14,16H,4-10,12H2,1-3H3/t14-,16+/m0/s1. The quantitative estimate of drug-likeness (QED) is 0.842. The second-order valence-electron chi connectivity index (χ2n) is 6.75. The van der Waals surface area contributed by atoms with E-state index in [4.69, 9.17) is 0 Å². The number of likely N-dealkylation sites (N-methyl/N-ethyl adjacent to an activating group) is 1. The van der Waals surface area contributed by atoms with Gasteiger partial charge in [0.2, 0.25) is 0 Å². The van der Waals surface area contributed by atoms with Crippen LogP contribution >= 0.6 is 0 Å². The van der Waals surface area contributed by atoms with Crippen molar-refractivity contribution in [2.24, 2.45) is 5.92 Å². The predicted octanol–water partition coefficient (Wildman–Crippen LogP) is 2.13. The largest absolute Gasteiger partial charge is 0.304 e. The number of rotatable bonds is 4. The Kier molecular flexibility index (Phi) is 4.13. The van der Waals surface area contributed by atoms with Gasteiger partial charge < -0.3 is 4.90 Å². The molecule has 1 aromatic rings. The van der Waals surface area contributed by atoms with Crippen molar-refractivity contribution in [2.75, 3.05) is 26.7 Å². The molecule has 3 aliphatic heterocycles. The van der Waals surface area contributed by atoms with E-state index in [-0.39, 0.29) is 0 Å². The number of hydrogen-bond acceptors (Lipinski definition) is 3. The Labute approximate surface area is 122 Å². The molecule has 4 heteroatoms. The molecule has 3 saturated heterocycles. The summed E-state index contributed by atoms with van der Waals surface area (Å²) in [5.41, 5.74) is 2.64. The van der Waals surface area contributed by atoms with Crippen LogP contribution in [0.2, 0.25) is 0 Å². The lowest BCUT2D eigenvalue weighted by molar-refractivity contribution is 0.124. The lowest BCUT2D eigenvalue weighted by Gasteiger charge is -2.36. The molecule has 112 valence electrons. The number of aromatic nitrogens is 2. The Balaban J connectivity index is 1.71. The highest BCUT2D eigenvalue weighted by molar-refractivity contribution is 5.16. The van der Waals surface area contributed by atoms with Gasteiger partial charge in [0, 0.05) is 50.5 Å². The first-order valence-corrected chi connectivity index (χ1v) is 8.11. The van der Waals surface area contributed by atoms with Crippen molar-refractivity contribution in [2.45, 2.75) is 52.2 Å². The van der Waals surface area contributed by atoms with Gasteiger partial charge in [0.15, 0.2) is 0 Å². The summed E-state index contributed by atoms with van der Waals surface area (Å²) in [7, 11) is 2.28. The highest BCUT2D eigenvalue weighted by Gasteiger charge is 2.33. The maximum atomic E-state index is 4.65. The van der Waals surface area contributed by atoms with Crippen LogP contribution in [0, 0.1) is 12.8 Å². The normalized spacial score (nSPS) is 27.9. The van der Waals surface area contributed by atoms with E-state index in [2.05, 4.69) is 46.7 Å². The third-order valence-electron chi connectivity index (χ3n) is 4.88. The summed E-state index contributed by atoms with van der Waals surface area (Å²) in [5.74, 6) is 0.866. The van der Waals surface area contributed by atoms with Crippen molar-refractivity contribution >= 4 is 0 Å². The molecule has 0 N–H and O–H groups in total. The first kappa shape index (κ1) is 14.1. The number of piperidine rings is 1. The van der Waals surface area contributed by atoms with Crippen molar-refractivity contribution < 1.29 is 0 Å². The molecule has 0 spiro atoms. The topological polar surface area (TPSA) is 24.3 Å². The van der Waals surface area contributed by atoms with E-state index >= 15 is 0 Å². The third kappa shape index (κ3) is 2.91. The molecular weight excluding hydrogens is 248 g/mol. The minimum Gasteiger partial charge on any atom is -0.304 e. The molecule has 0 aromatic carbocycles. The van der Waals surface area contributed by atoms with Gasteiger partial charge in [-0.2, -0.15) is 5.10 Å². The fourth-order valence-electron chi connectivity index (χ4n) is 3.88. The number of aryl methyl sites for hydroxylation is 2. The molecule has 3 aliphatic rings. The Bertz CT molecular complexity index is 453. The van der Waals surface area contributed by atoms with Gasteiger partial charge in [0.1, 0.15) is 0 Å². The van der Waals surface area contributed by atoms with Crippen molar-refractivity contribution in [3.63, 3.8) is 0 Å². The Hall–Kier alpha value is -0.870. The van der Waals surface area contributed by atoms with E-state index in [0.717, 1.165) is 31.5 Å². The van der Waals surface area contributed by atoms with Gasteiger partial charge >= 0.3 is 0 Å². The average molecular weight is 276 g/mol. The molecule has 4 nitrogen and oxygen atoms in total. The zero-order valence-electron chi connectivity index (χ0n) is 13.2. The van der Waals surface area contributed by atoms with Crippen LogP contribution in [0.1, 0.15) is 37.4 Å². The van der Waals surface area contributed by atoms with Gasteiger partial charge in [-0.25, -0.2) is 0 Å². The fraction of sp³-hybridized carbons (Fsp3) is 0.812. The van der Waals surface area contributed by atoms with E-state index in [1.165, 1.54) is 43.7 Å². The highest BCUT2D eigenvalue weighted by Crippen LogP contribution is 2.28. The maximum Gasteiger partial charge on any atom is 0.0638 e. The maximum absolute atomic E-state index is 4.65. The first-order valence-electron chi connectivity index (χ1n) is 8.11. The van der Waals surface area contributed by atoms with Crippen LogP contribution in [0.5, 0.6) is 0 Å². The van der Waals surface area contributed by atoms with Crippen molar-refractivity contribution in [3.05, 3.63) is 17.5 Å². The summed E-state index contributed by atoms with van der Waals surface area (Å²) in [4.78, 5) is 5.23. The average Bonchev–Trinajstić information content (AvgIpc) is 2.57. The third-order valence-corrected chi connectivity index (χ3v) is 4.88. The molecule has 0 aliphatic carbocycles. The van der Waals surface area contributed by atoms with Crippen molar-refractivity contribution in [1.29, 1.82) is 0 Å². The summed E-state index contributed by atoms with van der Waals surface area (Å²) in [5, 5.41) is 4.65. The second-order valence-corrected chi connectivity index (χ2v) is 6.75. The lowest BCUT2D eigenvalue weighted by Crippen LogP contribution is -2.43. The van der Waals surface area contributed by atoms with Gasteiger partial charge in [-0.15, -0.1) is 0 Å². The molecule has 1 aromatic heterocycles. The Morgan fingerprint density at radius 3 is 2.90 bits per heavy atom. The predicted molar refractivity (Wildman–Crippen MR) is 81.7 cm³/mol. The van der Waals surface area contributed by atoms with Gasteiger partial charge in [-0.3, -0.25) is 9.58 Å². The molecule has 4 rings (SSSR count). The summed E-state index contributed by atoms with van der Waals surface area (Å²) in [6, 6.07) is 0.743. The van der Waals surface area contributed by atoms with Crippen molar-refractivity contribution in [1.82, 2.24) is 19.6 Å². The molecule has 3 fully saturated rings. The summed E-state index contributed by atoms with van der Waals surface area (Å²) in [6.07, 6.45) is 6.21. The number of fused-ring (bicyclic) bond motifs is 4. The fourth-order valence-corrected chi connectivity index (χ4v) is 3.88. The van der Waals surface area contributed by atoms with Gasteiger partial charge in [-0.1, -0.05) is 6.92 Å². The lowest BCUT2D eigenvalue weighted by atomic mass is 9.94. The molecule has 0 radical (unpaired) electrons. The van der Waals surface area contributed by atoms with Crippen LogP contribution in [0.25, 0.3) is 0 Å². The van der Waals surface area contributed by atoms with E-state index in [9.17, 15) is 0 Å². The molecule has 2 atom stereocenters. The van der Waals surface area contributed by atoms with Crippen LogP contribution < -0.4 is 0 Å². The zero-order valence-corrected chi connectivity index (χ0v) is 13.2. The Morgan fingerprint density at radius 2 is 2.10 bits per heavy atom. The van der Waals surface area contributed by atoms with E-state index in [0.29, 0.717) is 0 Å². The number of hydrogen-bond donors (Lipinski definition) is 0. The second kappa shape index (κ2) is 5.86. The van der Waals surface area contributed by atoms with Crippen LogP contribution in [0.3, 0.4) is 0 Å². The van der Waals surface area contributed by atoms with E-state index < -0.39 is 0 Å². The van der Waals surface area contributed by atoms with E-state index in [1.54, 1.807) is 0 Å².